The Kier molecular flexibility index (Phi) is 6.48. The lowest BCUT2D eigenvalue weighted by Gasteiger charge is -2.34. The second kappa shape index (κ2) is 9.84. The number of nitrogens with zero attached hydrogens (tertiary/aromatic N) is 3. The molecule has 1 N–H and O–H groups in total. The Hall–Kier alpha value is -3.41. The number of piperidine rings is 1. The van der Waals surface area contributed by atoms with E-state index in [0.717, 1.165) is 56.6 Å². The number of fused-ring (bicyclic) bond motifs is 1. The molecule has 0 radical (unpaired) electrons. The molecule has 176 valence electrons. The Labute approximate surface area is 200 Å². The molecule has 6 nitrogen and oxygen atoms in total. The monoisotopic (exact) mass is 456 g/mol. The van der Waals surface area contributed by atoms with Crippen molar-refractivity contribution in [2.75, 3.05) is 18.0 Å². The van der Waals surface area contributed by atoms with E-state index in [0.29, 0.717) is 6.54 Å². The molecule has 2 heterocycles. The Bertz CT molecular complexity index is 1220. The van der Waals surface area contributed by atoms with Crippen molar-refractivity contribution in [3.8, 4) is 5.69 Å². The summed E-state index contributed by atoms with van der Waals surface area (Å²) in [5.41, 5.74) is 4.43. The van der Waals surface area contributed by atoms with Gasteiger partial charge in [0, 0.05) is 19.2 Å². The van der Waals surface area contributed by atoms with E-state index in [1.165, 1.54) is 21.4 Å². The van der Waals surface area contributed by atoms with Gasteiger partial charge in [-0.15, -0.1) is 5.10 Å². The summed E-state index contributed by atoms with van der Waals surface area (Å²) in [6.07, 6.45) is 5.92. The molecule has 1 aliphatic carbocycles. The van der Waals surface area contributed by atoms with Crippen LogP contribution in [0, 0.1) is 5.92 Å². The highest BCUT2D eigenvalue weighted by Crippen LogP contribution is 2.30. The van der Waals surface area contributed by atoms with Crippen molar-refractivity contribution in [3.05, 3.63) is 87.7 Å². The fourth-order valence-electron chi connectivity index (χ4n) is 5.22. The maximum atomic E-state index is 13.2. The number of anilines is 1. The van der Waals surface area contributed by atoms with E-state index in [9.17, 15) is 9.59 Å². The molecular weight excluding hydrogens is 424 g/mol. The maximum Gasteiger partial charge on any atom is 0.271 e. The van der Waals surface area contributed by atoms with E-state index in [-0.39, 0.29) is 23.4 Å². The van der Waals surface area contributed by atoms with Crippen LogP contribution in [0.2, 0.25) is 0 Å². The van der Waals surface area contributed by atoms with Crippen LogP contribution in [-0.4, -0.2) is 28.8 Å². The number of amides is 1. The molecule has 0 spiro atoms. The smallest absolute Gasteiger partial charge is 0.271 e. The minimum atomic E-state index is -0.157. The topological polar surface area (TPSA) is 67.2 Å². The number of carbonyl (C=O) groups is 1. The zero-order chi connectivity index (χ0) is 23.5. The fourth-order valence-corrected chi connectivity index (χ4v) is 5.22. The van der Waals surface area contributed by atoms with Crippen molar-refractivity contribution in [1.29, 1.82) is 0 Å². The summed E-state index contributed by atoms with van der Waals surface area (Å²) >= 11 is 0. The van der Waals surface area contributed by atoms with E-state index in [1.54, 1.807) is 12.1 Å². The van der Waals surface area contributed by atoms with Crippen LogP contribution < -0.4 is 15.8 Å². The fraction of sp³-hybridized carbons (Fsp3) is 0.393. The number of hydrogen-bond donors (Lipinski definition) is 1. The van der Waals surface area contributed by atoms with Crippen LogP contribution >= 0.6 is 0 Å². The Morgan fingerprint density at radius 1 is 1.03 bits per heavy atom. The molecule has 1 amide bonds. The van der Waals surface area contributed by atoms with Crippen molar-refractivity contribution < 1.29 is 4.79 Å². The number of aryl methyl sites for hydroxylation is 2. The predicted molar refractivity (Wildman–Crippen MR) is 134 cm³/mol. The lowest BCUT2D eigenvalue weighted by Crippen LogP contribution is -2.45. The van der Waals surface area contributed by atoms with Gasteiger partial charge < -0.3 is 10.2 Å². The van der Waals surface area contributed by atoms with Crippen molar-refractivity contribution in [3.63, 3.8) is 0 Å². The number of hydrogen-bond acceptors (Lipinski definition) is 4. The molecule has 2 atom stereocenters. The highest BCUT2D eigenvalue weighted by molar-refractivity contribution is 5.80. The van der Waals surface area contributed by atoms with Gasteiger partial charge in [0.2, 0.25) is 5.91 Å². The Morgan fingerprint density at radius 3 is 2.68 bits per heavy atom. The highest BCUT2D eigenvalue weighted by Gasteiger charge is 2.30. The second-order valence-electron chi connectivity index (χ2n) is 9.40. The summed E-state index contributed by atoms with van der Waals surface area (Å²) < 4.78 is 1.46. The molecule has 5 rings (SSSR count). The summed E-state index contributed by atoms with van der Waals surface area (Å²) in [5, 5.41) is 7.99. The number of carbonyl (C=O) groups excluding carboxylic acids is 1. The molecule has 6 heteroatoms. The molecule has 2 aliphatic rings. The van der Waals surface area contributed by atoms with Gasteiger partial charge in [-0.25, -0.2) is 0 Å². The number of rotatable bonds is 5. The van der Waals surface area contributed by atoms with Gasteiger partial charge in [-0.3, -0.25) is 9.59 Å². The molecular formula is C28H32N4O2. The van der Waals surface area contributed by atoms with E-state index < -0.39 is 0 Å². The van der Waals surface area contributed by atoms with Gasteiger partial charge in [0.1, 0.15) is 5.82 Å². The molecule has 0 saturated carbocycles. The van der Waals surface area contributed by atoms with Crippen LogP contribution in [0.15, 0.2) is 65.5 Å². The van der Waals surface area contributed by atoms with Crippen LogP contribution in [-0.2, 0) is 17.6 Å². The molecule has 1 aliphatic heterocycles. The lowest BCUT2D eigenvalue weighted by molar-refractivity contribution is -0.126. The maximum absolute atomic E-state index is 13.2. The van der Waals surface area contributed by atoms with Gasteiger partial charge in [0.05, 0.1) is 17.6 Å². The standard InChI is InChI=1S/C28H32N4O2/c1-2-20-12-14-23(15-13-20)32-27(33)17-16-26(30-32)31-18-6-9-22(19-31)28(34)29-25-11-5-8-21-7-3-4-10-24(21)25/h3-4,7,10,12-17,22,25H,2,5-6,8-9,11,18-19H2,1H3,(H,29,34)/t22-,25-/m0/s1. The number of aromatic nitrogens is 2. The van der Waals surface area contributed by atoms with Crippen molar-refractivity contribution >= 4 is 11.7 Å². The minimum Gasteiger partial charge on any atom is -0.354 e. The van der Waals surface area contributed by atoms with Gasteiger partial charge in [-0.05, 0) is 73.4 Å². The van der Waals surface area contributed by atoms with Gasteiger partial charge in [-0.2, -0.15) is 4.68 Å². The van der Waals surface area contributed by atoms with Crippen molar-refractivity contribution in [1.82, 2.24) is 15.1 Å². The Balaban J connectivity index is 1.31. The van der Waals surface area contributed by atoms with Gasteiger partial charge in [0.15, 0.2) is 0 Å². The third-order valence-corrected chi connectivity index (χ3v) is 7.18. The summed E-state index contributed by atoms with van der Waals surface area (Å²) in [7, 11) is 0. The third kappa shape index (κ3) is 4.63. The van der Waals surface area contributed by atoms with Crippen molar-refractivity contribution in [2.45, 2.75) is 51.5 Å². The molecule has 0 unspecified atom stereocenters. The summed E-state index contributed by atoms with van der Waals surface area (Å²) in [6.45, 7) is 3.55. The molecule has 1 fully saturated rings. The number of nitrogens with one attached hydrogen (secondary N) is 1. The first-order valence-corrected chi connectivity index (χ1v) is 12.4. The van der Waals surface area contributed by atoms with Gasteiger partial charge >= 0.3 is 0 Å². The predicted octanol–water partition coefficient (Wildman–Crippen LogP) is 4.21. The van der Waals surface area contributed by atoms with E-state index in [4.69, 9.17) is 0 Å². The SMILES string of the molecule is CCc1ccc(-n2nc(N3CCC[C@H](C(=O)N[C@H]4CCCc5ccccc54)C3)ccc2=O)cc1. The van der Waals surface area contributed by atoms with E-state index in [2.05, 4.69) is 46.5 Å². The molecule has 2 aromatic carbocycles. The molecule has 34 heavy (non-hydrogen) atoms. The van der Waals surface area contributed by atoms with Gasteiger partial charge in [0.25, 0.3) is 5.56 Å². The zero-order valence-electron chi connectivity index (χ0n) is 19.7. The Morgan fingerprint density at radius 2 is 1.85 bits per heavy atom. The minimum absolute atomic E-state index is 0.0890. The van der Waals surface area contributed by atoms with Gasteiger partial charge in [-0.1, -0.05) is 43.3 Å². The first-order chi connectivity index (χ1) is 16.6. The normalized spacial score (nSPS) is 20.0. The summed E-state index contributed by atoms with van der Waals surface area (Å²) in [5.74, 6) is 0.767. The average molecular weight is 457 g/mol. The first kappa shape index (κ1) is 22.4. The first-order valence-electron chi connectivity index (χ1n) is 12.4. The van der Waals surface area contributed by atoms with Crippen LogP contribution in [0.25, 0.3) is 5.69 Å². The van der Waals surface area contributed by atoms with Crippen LogP contribution in [0.3, 0.4) is 0 Å². The molecule has 1 saturated heterocycles. The van der Waals surface area contributed by atoms with Crippen LogP contribution in [0.4, 0.5) is 5.82 Å². The second-order valence-corrected chi connectivity index (χ2v) is 9.40. The van der Waals surface area contributed by atoms with Crippen LogP contribution in [0.5, 0.6) is 0 Å². The average Bonchev–Trinajstić information content (AvgIpc) is 2.89. The lowest BCUT2D eigenvalue weighted by atomic mass is 9.87. The van der Waals surface area contributed by atoms with Crippen LogP contribution in [0.1, 0.15) is 55.3 Å². The van der Waals surface area contributed by atoms with Crippen molar-refractivity contribution in [2.24, 2.45) is 5.92 Å². The highest BCUT2D eigenvalue weighted by atomic mass is 16.2. The molecule has 1 aromatic heterocycles. The third-order valence-electron chi connectivity index (χ3n) is 7.18. The number of benzene rings is 2. The summed E-state index contributed by atoms with van der Waals surface area (Å²) in [4.78, 5) is 27.9. The molecule has 0 bridgehead atoms. The van der Waals surface area contributed by atoms with E-state index in [1.807, 2.05) is 24.3 Å². The quantitative estimate of drug-likeness (QED) is 0.625. The van der Waals surface area contributed by atoms with E-state index >= 15 is 0 Å². The zero-order valence-corrected chi connectivity index (χ0v) is 19.7. The summed E-state index contributed by atoms with van der Waals surface area (Å²) in [6, 6.07) is 19.8. The molecule has 3 aromatic rings. The largest absolute Gasteiger partial charge is 0.354 e.